The van der Waals surface area contributed by atoms with Crippen LogP contribution in [0.2, 0.25) is 0 Å². The van der Waals surface area contributed by atoms with Crippen LogP contribution in [0.3, 0.4) is 0 Å². The van der Waals surface area contributed by atoms with E-state index in [0.29, 0.717) is 0 Å². The van der Waals surface area contributed by atoms with Crippen molar-refractivity contribution in [2.75, 3.05) is 0 Å². The van der Waals surface area contributed by atoms with E-state index in [4.69, 9.17) is 9.97 Å². The first-order chi connectivity index (χ1) is 22.8. The molecule has 1 unspecified atom stereocenters. The molecule has 8 aromatic rings. The Morgan fingerprint density at radius 3 is 2.07 bits per heavy atom. The zero-order valence-corrected chi connectivity index (χ0v) is 24.8. The fourth-order valence-electron chi connectivity index (χ4n) is 8.53. The molecule has 0 radical (unpaired) electrons. The molecule has 2 aromatic heterocycles. The maximum atomic E-state index is 5.47. The van der Waals surface area contributed by atoms with Crippen molar-refractivity contribution in [1.29, 1.82) is 0 Å². The Hall–Kier alpha value is -6.06. The van der Waals surface area contributed by atoms with Crippen LogP contribution in [-0.2, 0) is 5.41 Å². The van der Waals surface area contributed by atoms with Crippen molar-refractivity contribution in [3.8, 4) is 61.6 Å². The van der Waals surface area contributed by atoms with Gasteiger partial charge in [-0.25, -0.2) is 9.97 Å². The van der Waals surface area contributed by atoms with Crippen molar-refractivity contribution in [1.82, 2.24) is 14.5 Å². The van der Waals surface area contributed by atoms with Crippen LogP contribution in [0.1, 0.15) is 22.5 Å². The number of aromatic nitrogens is 3. The normalized spacial score (nSPS) is 15.9. The fourth-order valence-corrected chi connectivity index (χ4v) is 8.53. The molecule has 2 aliphatic carbocycles. The monoisotopic (exact) mass is 583 g/mol. The quantitative estimate of drug-likeness (QED) is 0.203. The first kappa shape index (κ1) is 24.3. The minimum Gasteiger partial charge on any atom is -0.295 e. The van der Waals surface area contributed by atoms with Crippen LogP contribution in [0.25, 0.3) is 72.6 Å². The molecule has 46 heavy (non-hydrogen) atoms. The van der Waals surface area contributed by atoms with Crippen LogP contribution in [0.5, 0.6) is 0 Å². The SMILES string of the molecule is c1ccc(-c2cc3c(c(-c4ccccc4)n2)-c2ccc4c(c2)C2(c5ccccc5-4)c4c-3cccc4-n3c2nc2ccccc23)cc1. The average Bonchev–Trinajstić information content (AvgIpc) is 3.74. The molecule has 11 rings (SSSR count). The number of hydrogen-bond acceptors (Lipinski definition) is 2. The summed E-state index contributed by atoms with van der Waals surface area (Å²) in [5.74, 6) is 1.07. The van der Waals surface area contributed by atoms with E-state index >= 15 is 0 Å². The predicted octanol–water partition coefficient (Wildman–Crippen LogP) is 10.1. The van der Waals surface area contributed by atoms with E-state index in [9.17, 15) is 0 Å². The van der Waals surface area contributed by atoms with Gasteiger partial charge >= 0.3 is 0 Å². The second-order valence-corrected chi connectivity index (χ2v) is 12.5. The summed E-state index contributed by atoms with van der Waals surface area (Å²) in [4.78, 5) is 10.9. The van der Waals surface area contributed by atoms with Gasteiger partial charge in [-0.3, -0.25) is 4.57 Å². The molecule has 3 heteroatoms. The van der Waals surface area contributed by atoms with Crippen LogP contribution >= 0.6 is 0 Å². The van der Waals surface area contributed by atoms with E-state index in [1.807, 2.05) is 0 Å². The number of pyridine rings is 1. The van der Waals surface area contributed by atoms with Gasteiger partial charge < -0.3 is 0 Å². The number of rotatable bonds is 2. The van der Waals surface area contributed by atoms with Crippen molar-refractivity contribution >= 4 is 11.0 Å². The Morgan fingerprint density at radius 1 is 0.478 bits per heavy atom. The number of para-hydroxylation sites is 2. The standard InChI is InChI=1S/C43H25N3/c1-3-12-26(13-4-1)36-25-32-31-17-11-21-38-40(31)43(42-45-35-19-9-10-20-37(35)46(38)42)33-18-8-7-16-29(33)30-23-22-28(24-34(30)43)39(32)41(44-36)27-14-5-2-6-15-27/h1-25H. The number of nitrogens with zero attached hydrogens (tertiary/aromatic N) is 3. The molecule has 0 saturated carbocycles. The van der Waals surface area contributed by atoms with Gasteiger partial charge in [0, 0.05) is 22.3 Å². The summed E-state index contributed by atoms with van der Waals surface area (Å²) < 4.78 is 2.43. The topological polar surface area (TPSA) is 30.7 Å². The first-order valence-corrected chi connectivity index (χ1v) is 15.9. The van der Waals surface area contributed by atoms with E-state index in [-0.39, 0.29) is 0 Å². The molecular formula is C43H25N3. The van der Waals surface area contributed by atoms with E-state index in [1.165, 1.54) is 55.8 Å². The molecule has 0 saturated heterocycles. The summed E-state index contributed by atoms with van der Waals surface area (Å²) >= 11 is 0. The molecule has 1 aliphatic heterocycles. The second-order valence-electron chi connectivity index (χ2n) is 12.5. The number of imidazole rings is 1. The summed E-state index contributed by atoms with van der Waals surface area (Å²) in [5, 5.41) is 0. The predicted molar refractivity (Wildman–Crippen MR) is 185 cm³/mol. The van der Waals surface area contributed by atoms with Gasteiger partial charge in [0.25, 0.3) is 0 Å². The lowest BCUT2D eigenvalue weighted by atomic mass is 9.68. The van der Waals surface area contributed by atoms with Gasteiger partial charge in [0.1, 0.15) is 11.2 Å². The highest BCUT2D eigenvalue weighted by Crippen LogP contribution is 2.64. The Morgan fingerprint density at radius 2 is 1.20 bits per heavy atom. The third-order valence-electron chi connectivity index (χ3n) is 10.3. The fraction of sp³-hybridized carbons (Fsp3) is 0.0233. The summed E-state index contributed by atoms with van der Waals surface area (Å²) in [7, 11) is 0. The minimum atomic E-state index is -0.548. The van der Waals surface area contributed by atoms with Crippen LogP contribution in [-0.4, -0.2) is 14.5 Å². The van der Waals surface area contributed by atoms with E-state index in [1.54, 1.807) is 0 Å². The average molecular weight is 584 g/mol. The van der Waals surface area contributed by atoms with E-state index in [0.717, 1.165) is 39.4 Å². The van der Waals surface area contributed by atoms with Crippen molar-refractivity contribution in [2.24, 2.45) is 0 Å². The highest BCUT2D eigenvalue weighted by molar-refractivity contribution is 6.03. The Bertz CT molecular complexity index is 2580. The van der Waals surface area contributed by atoms with Crippen LogP contribution < -0.4 is 0 Å². The smallest absolute Gasteiger partial charge is 0.134 e. The summed E-state index contributed by atoms with van der Waals surface area (Å²) in [6.45, 7) is 0. The minimum absolute atomic E-state index is 0.548. The molecule has 3 nitrogen and oxygen atoms in total. The summed E-state index contributed by atoms with van der Waals surface area (Å²) in [6.07, 6.45) is 0. The largest absolute Gasteiger partial charge is 0.295 e. The number of fused-ring (bicyclic) bond motifs is 10. The molecule has 1 atom stereocenters. The van der Waals surface area contributed by atoms with Crippen LogP contribution in [0, 0.1) is 0 Å². The van der Waals surface area contributed by atoms with Gasteiger partial charge in [-0.05, 0) is 69.3 Å². The lowest BCUT2D eigenvalue weighted by Crippen LogP contribution is -2.28. The summed E-state index contributed by atoms with van der Waals surface area (Å²) in [6, 6.07) is 55.0. The Labute approximate surface area is 266 Å². The molecule has 0 N–H and O–H groups in total. The van der Waals surface area contributed by atoms with Crippen molar-refractivity contribution < 1.29 is 0 Å². The van der Waals surface area contributed by atoms with E-state index in [2.05, 4.69) is 156 Å². The van der Waals surface area contributed by atoms with Gasteiger partial charge in [-0.1, -0.05) is 121 Å². The molecule has 0 fully saturated rings. The molecule has 3 aliphatic rings. The van der Waals surface area contributed by atoms with Crippen molar-refractivity contribution in [3.05, 3.63) is 174 Å². The zero-order chi connectivity index (χ0) is 30.0. The number of hydrogen-bond donors (Lipinski definition) is 0. The molecule has 6 aromatic carbocycles. The van der Waals surface area contributed by atoms with Crippen LogP contribution in [0.4, 0.5) is 0 Å². The molecule has 3 heterocycles. The van der Waals surface area contributed by atoms with E-state index < -0.39 is 5.41 Å². The zero-order valence-electron chi connectivity index (χ0n) is 24.8. The summed E-state index contributed by atoms with van der Waals surface area (Å²) in [5.41, 5.74) is 18.2. The maximum Gasteiger partial charge on any atom is 0.134 e. The van der Waals surface area contributed by atoms with Gasteiger partial charge in [0.2, 0.25) is 0 Å². The molecule has 0 amide bonds. The lowest BCUT2D eigenvalue weighted by Gasteiger charge is -2.32. The second kappa shape index (κ2) is 8.56. The lowest BCUT2D eigenvalue weighted by molar-refractivity contribution is 0.739. The molecular weight excluding hydrogens is 558 g/mol. The number of benzene rings is 6. The Kier molecular flexibility index (Phi) is 4.52. The highest BCUT2D eigenvalue weighted by atomic mass is 15.1. The van der Waals surface area contributed by atoms with Gasteiger partial charge in [0.05, 0.1) is 28.1 Å². The molecule has 2 bridgehead atoms. The van der Waals surface area contributed by atoms with Gasteiger partial charge in [-0.15, -0.1) is 0 Å². The van der Waals surface area contributed by atoms with Crippen molar-refractivity contribution in [2.45, 2.75) is 5.41 Å². The molecule has 1 spiro atoms. The van der Waals surface area contributed by atoms with Gasteiger partial charge in [-0.2, -0.15) is 0 Å². The molecule has 212 valence electrons. The van der Waals surface area contributed by atoms with Crippen LogP contribution in [0.15, 0.2) is 152 Å². The Balaban J connectivity index is 1.37. The highest BCUT2D eigenvalue weighted by Gasteiger charge is 2.56. The van der Waals surface area contributed by atoms with Crippen molar-refractivity contribution in [3.63, 3.8) is 0 Å². The maximum absolute atomic E-state index is 5.47. The van der Waals surface area contributed by atoms with Gasteiger partial charge in [0.15, 0.2) is 0 Å². The first-order valence-electron chi connectivity index (χ1n) is 15.9. The third-order valence-corrected chi connectivity index (χ3v) is 10.3. The third kappa shape index (κ3) is 2.84.